The quantitative estimate of drug-likeness (QED) is 0.274. The molecule has 0 bridgehead atoms. The van der Waals surface area contributed by atoms with Gasteiger partial charge in [-0.2, -0.15) is 0 Å². The van der Waals surface area contributed by atoms with Crippen LogP contribution < -0.4 is 10.1 Å². The zero-order valence-corrected chi connectivity index (χ0v) is 18.2. The van der Waals surface area contributed by atoms with Crippen molar-refractivity contribution in [2.75, 3.05) is 5.32 Å². The summed E-state index contributed by atoms with van der Waals surface area (Å²) in [6, 6.07) is 15.6. The highest BCUT2D eigenvalue weighted by Crippen LogP contribution is 2.24. The standard InChI is InChI=1S/C22H17ClN4O4S/c23-18-6-4-15(5-7-18)10-17-12-20(31-22(28)25-21-24-8-9-32-21)26(14-17)13-16-2-1-3-19(11-16)27(29)30/h1-9,11-12,14H,10,13H2,(H,24,25,28). The third-order valence-corrected chi connectivity index (χ3v) is 5.49. The van der Waals surface area contributed by atoms with Crippen LogP contribution in [-0.2, 0) is 13.0 Å². The summed E-state index contributed by atoms with van der Waals surface area (Å²) in [7, 11) is 0. The fraction of sp³-hybridized carbons (Fsp3) is 0.0909. The number of rotatable bonds is 7. The van der Waals surface area contributed by atoms with Gasteiger partial charge in [0.15, 0.2) is 5.13 Å². The van der Waals surface area contributed by atoms with Crippen molar-refractivity contribution in [3.63, 3.8) is 0 Å². The highest BCUT2D eigenvalue weighted by molar-refractivity contribution is 7.13. The van der Waals surface area contributed by atoms with E-state index in [1.54, 1.807) is 34.3 Å². The Morgan fingerprint density at radius 2 is 1.97 bits per heavy atom. The molecule has 0 saturated heterocycles. The van der Waals surface area contributed by atoms with E-state index in [0.717, 1.165) is 11.1 Å². The van der Waals surface area contributed by atoms with Crippen molar-refractivity contribution in [2.45, 2.75) is 13.0 Å². The van der Waals surface area contributed by atoms with E-state index < -0.39 is 11.0 Å². The lowest BCUT2D eigenvalue weighted by Gasteiger charge is -2.09. The van der Waals surface area contributed by atoms with Gasteiger partial charge in [-0.25, -0.2) is 9.78 Å². The van der Waals surface area contributed by atoms with Gasteiger partial charge in [0.05, 0.1) is 11.5 Å². The first-order chi connectivity index (χ1) is 15.5. The zero-order valence-electron chi connectivity index (χ0n) is 16.6. The van der Waals surface area contributed by atoms with Crippen LogP contribution in [0.3, 0.4) is 0 Å². The first kappa shape index (κ1) is 21.5. The van der Waals surface area contributed by atoms with E-state index in [4.69, 9.17) is 16.3 Å². The number of ether oxygens (including phenoxy) is 1. The Balaban J connectivity index is 1.59. The summed E-state index contributed by atoms with van der Waals surface area (Å²) in [6.07, 6.45) is 3.37. The van der Waals surface area contributed by atoms with Crippen LogP contribution in [0.4, 0.5) is 15.6 Å². The number of hydrogen-bond acceptors (Lipinski definition) is 6. The van der Waals surface area contributed by atoms with E-state index in [2.05, 4.69) is 10.3 Å². The summed E-state index contributed by atoms with van der Waals surface area (Å²) in [5.74, 6) is 0.314. The summed E-state index contributed by atoms with van der Waals surface area (Å²) < 4.78 is 7.27. The predicted molar refractivity (Wildman–Crippen MR) is 123 cm³/mol. The lowest BCUT2D eigenvalue weighted by molar-refractivity contribution is -0.384. The highest BCUT2D eigenvalue weighted by Gasteiger charge is 2.15. The largest absolute Gasteiger partial charge is 0.420 e. The summed E-state index contributed by atoms with van der Waals surface area (Å²) in [4.78, 5) is 27.0. The zero-order chi connectivity index (χ0) is 22.5. The van der Waals surface area contributed by atoms with Gasteiger partial charge in [-0.15, -0.1) is 11.3 Å². The number of anilines is 1. The molecule has 0 radical (unpaired) electrons. The Bertz CT molecular complexity index is 1240. The molecule has 0 aliphatic rings. The third kappa shape index (κ3) is 5.51. The SMILES string of the molecule is O=C(Nc1nccs1)Oc1cc(Cc2ccc(Cl)cc2)cn1Cc1cccc([N+](=O)[O-])c1. The van der Waals surface area contributed by atoms with Gasteiger partial charge >= 0.3 is 6.09 Å². The van der Waals surface area contributed by atoms with Gasteiger partial charge in [0.1, 0.15) is 0 Å². The minimum Gasteiger partial charge on any atom is -0.393 e. The number of carbonyl (C=O) groups is 1. The second-order valence-corrected chi connectivity index (χ2v) is 8.23. The average molecular weight is 469 g/mol. The number of nitro benzene ring substituents is 1. The summed E-state index contributed by atoms with van der Waals surface area (Å²) in [5.41, 5.74) is 2.66. The minimum atomic E-state index is -0.670. The lowest BCUT2D eigenvalue weighted by Crippen LogP contribution is -2.18. The molecule has 1 N–H and O–H groups in total. The molecule has 0 aliphatic heterocycles. The smallest absolute Gasteiger partial charge is 0.393 e. The molecule has 8 nitrogen and oxygen atoms in total. The molecule has 0 atom stereocenters. The second-order valence-electron chi connectivity index (χ2n) is 6.90. The van der Waals surface area contributed by atoms with E-state index in [1.807, 2.05) is 30.5 Å². The number of non-ortho nitro benzene ring substituents is 1. The van der Waals surface area contributed by atoms with Crippen molar-refractivity contribution in [2.24, 2.45) is 0 Å². The summed E-state index contributed by atoms with van der Waals surface area (Å²) in [6.45, 7) is 0.294. The van der Waals surface area contributed by atoms with Crippen LogP contribution >= 0.6 is 22.9 Å². The van der Waals surface area contributed by atoms with Crippen LogP contribution in [-0.4, -0.2) is 20.6 Å². The maximum absolute atomic E-state index is 12.3. The number of thiazole rings is 1. The summed E-state index contributed by atoms with van der Waals surface area (Å²) in [5, 5.41) is 16.5. The average Bonchev–Trinajstić information content (AvgIpc) is 3.40. The number of halogens is 1. The van der Waals surface area contributed by atoms with Gasteiger partial charge < -0.3 is 9.30 Å². The highest BCUT2D eigenvalue weighted by atomic mass is 35.5. The molecule has 0 unspecified atom stereocenters. The van der Waals surface area contributed by atoms with E-state index in [-0.39, 0.29) is 5.69 Å². The van der Waals surface area contributed by atoms with Gasteiger partial charge in [0.2, 0.25) is 5.88 Å². The fourth-order valence-electron chi connectivity index (χ4n) is 3.15. The van der Waals surface area contributed by atoms with Crippen LogP contribution in [0.15, 0.2) is 72.4 Å². The molecule has 0 spiro atoms. The number of nitrogens with one attached hydrogen (secondary N) is 1. The fourth-order valence-corrected chi connectivity index (χ4v) is 3.79. The molecule has 0 saturated carbocycles. The van der Waals surface area contributed by atoms with Crippen molar-refractivity contribution in [1.29, 1.82) is 0 Å². The van der Waals surface area contributed by atoms with Crippen LogP contribution in [0.25, 0.3) is 0 Å². The maximum Gasteiger partial charge on any atom is 0.420 e. The Labute approximate surface area is 192 Å². The molecule has 2 aromatic carbocycles. The van der Waals surface area contributed by atoms with E-state index in [1.165, 1.54) is 23.5 Å². The summed E-state index contributed by atoms with van der Waals surface area (Å²) >= 11 is 7.24. The van der Waals surface area contributed by atoms with Gasteiger partial charge in [-0.05, 0) is 35.2 Å². The molecule has 4 aromatic rings. The van der Waals surface area contributed by atoms with Crippen molar-refractivity contribution in [3.8, 4) is 5.88 Å². The van der Waals surface area contributed by atoms with Crippen molar-refractivity contribution in [1.82, 2.24) is 9.55 Å². The number of hydrogen-bond donors (Lipinski definition) is 1. The van der Waals surface area contributed by atoms with E-state index in [0.29, 0.717) is 34.6 Å². The molecule has 10 heteroatoms. The number of benzene rings is 2. The molecule has 162 valence electrons. The number of carbonyl (C=O) groups excluding carboxylic acids is 1. The lowest BCUT2D eigenvalue weighted by atomic mass is 10.1. The topological polar surface area (TPSA) is 99.3 Å². The normalized spacial score (nSPS) is 10.7. The number of nitro groups is 1. The number of nitrogens with zero attached hydrogens (tertiary/aromatic N) is 3. The predicted octanol–water partition coefficient (Wildman–Crippen LogP) is 5.76. The van der Waals surface area contributed by atoms with Crippen LogP contribution in [0, 0.1) is 10.1 Å². The van der Waals surface area contributed by atoms with Crippen molar-refractivity contribution < 1.29 is 14.5 Å². The monoisotopic (exact) mass is 468 g/mol. The van der Waals surface area contributed by atoms with Gasteiger partial charge in [-0.3, -0.25) is 15.4 Å². The van der Waals surface area contributed by atoms with E-state index in [9.17, 15) is 14.9 Å². The van der Waals surface area contributed by atoms with Gasteiger partial charge in [-0.1, -0.05) is 35.9 Å². The van der Waals surface area contributed by atoms with Crippen LogP contribution in [0.1, 0.15) is 16.7 Å². The maximum atomic E-state index is 12.3. The third-order valence-electron chi connectivity index (χ3n) is 4.55. The van der Waals surface area contributed by atoms with Gasteiger partial charge in [0.25, 0.3) is 5.69 Å². The molecule has 2 heterocycles. The second kappa shape index (κ2) is 9.63. The van der Waals surface area contributed by atoms with Gasteiger partial charge in [0, 0.05) is 41.0 Å². The van der Waals surface area contributed by atoms with Crippen LogP contribution in [0.5, 0.6) is 5.88 Å². The Kier molecular flexibility index (Phi) is 6.48. The number of aromatic nitrogens is 2. The Morgan fingerprint density at radius 1 is 1.16 bits per heavy atom. The Hall–Kier alpha value is -3.69. The Morgan fingerprint density at radius 3 is 2.69 bits per heavy atom. The first-order valence-electron chi connectivity index (χ1n) is 9.51. The molecule has 32 heavy (non-hydrogen) atoms. The minimum absolute atomic E-state index is 0.0000232. The molecular weight excluding hydrogens is 452 g/mol. The molecule has 4 rings (SSSR count). The first-order valence-corrected chi connectivity index (χ1v) is 10.8. The molecule has 2 aromatic heterocycles. The van der Waals surface area contributed by atoms with E-state index >= 15 is 0 Å². The molecule has 0 fully saturated rings. The molecular formula is C22H17ClN4O4S. The van der Waals surface area contributed by atoms with Crippen LogP contribution in [0.2, 0.25) is 5.02 Å². The van der Waals surface area contributed by atoms with Crippen molar-refractivity contribution >= 4 is 39.8 Å². The number of amides is 1. The molecule has 0 aliphatic carbocycles. The molecule has 1 amide bonds. The van der Waals surface area contributed by atoms with Crippen molar-refractivity contribution in [3.05, 3.63) is 104 Å².